The van der Waals surface area contributed by atoms with Gasteiger partial charge in [0.1, 0.15) is 0 Å². The third-order valence-corrected chi connectivity index (χ3v) is 4.47. The number of carbonyl (C=O) groups is 1. The van der Waals surface area contributed by atoms with E-state index >= 15 is 0 Å². The van der Waals surface area contributed by atoms with Crippen LogP contribution in [-0.2, 0) is 0 Å². The number of aromatic nitrogens is 2. The van der Waals surface area contributed by atoms with Crippen molar-refractivity contribution in [3.05, 3.63) is 58.5 Å². The second-order valence-electron chi connectivity index (χ2n) is 6.06. The number of nitrogens with one attached hydrogen (secondary N) is 2. The normalized spacial score (nSPS) is 14.5. The van der Waals surface area contributed by atoms with Crippen LogP contribution in [0.5, 0.6) is 0 Å². The molecule has 2 N–H and O–H groups in total. The lowest BCUT2D eigenvalue weighted by atomic mass is 10.1. The van der Waals surface area contributed by atoms with Crippen molar-refractivity contribution in [1.29, 1.82) is 0 Å². The van der Waals surface area contributed by atoms with Crippen molar-refractivity contribution < 1.29 is 4.79 Å². The Bertz CT molecular complexity index is 972. The summed E-state index contributed by atoms with van der Waals surface area (Å²) in [4.78, 5) is 33.9. The van der Waals surface area contributed by atoms with E-state index in [1.165, 1.54) is 0 Å². The van der Waals surface area contributed by atoms with Crippen molar-refractivity contribution in [2.45, 2.75) is 6.42 Å². The smallest absolute Gasteiger partial charge is 0.323 e. The Morgan fingerprint density at radius 1 is 1.00 bits per heavy atom. The number of imidazole rings is 1. The Kier molecular flexibility index (Phi) is 3.37. The highest BCUT2D eigenvalue weighted by molar-refractivity contribution is 6.09. The number of anilines is 2. The third-order valence-electron chi connectivity index (χ3n) is 4.47. The van der Waals surface area contributed by atoms with E-state index < -0.39 is 0 Å². The highest BCUT2D eigenvalue weighted by Gasteiger charge is 2.24. The minimum Gasteiger partial charge on any atom is -0.373 e. The van der Waals surface area contributed by atoms with Gasteiger partial charge < -0.3 is 19.8 Å². The van der Waals surface area contributed by atoms with Gasteiger partial charge in [-0.15, -0.1) is 0 Å². The quantitative estimate of drug-likeness (QED) is 0.722. The molecular formula is C18H18N4O2. The molecule has 0 radical (unpaired) electrons. The lowest BCUT2D eigenvalue weighted by Gasteiger charge is -2.24. The molecule has 0 unspecified atom stereocenters. The zero-order valence-electron chi connectivity index (χ0n) is 13.4. The molecule has 0 spiro atoms. The maximum Gasteiger partial charge on any atom is 0.323 e. The Hall–Kier alpha value is -3.02. The van der Waals surface area contributed by atoms with Crippen LogP contribution in [-0.4, -0.2) is 36.0 Å². The number of nitrogens with zero attached hydrogens (tertiary/aromatic N) is 2. The topological polar surface area (TPSA) is 72.2 Å². The van der Waals surface area contributed by atoms with Crippen molar-refractivity contribution in [2.75, 3.05) is 29.9 Å². The van der Waals surface area contributed by atoms with Crippen LogP contribution in [0.15, 0.2) is 47.3 Å². The maximum atomic E-state index is 13.1. The minimum absolute atomic E-state index is 0.0540. The van der Waals surface area contributed by atoms with Gasteiger partial charge in [-0.05, 0) is 36.8 Å². The molecule has 24 heavy (non-hydrogen) atoms. The fourth-order valence-corrected chi connectivity index (χ4v) is 3.25. The van der Waals surface area contributed by atoms with Gasteiger partial charge in [0.05, 0.1) is 22.4 Å². The molecule has 6 heteroatoms. The SMILES string of the molecule is CN1CCCN(C(=O)c2ccc3[nH]c(=O)[nH]c3c2)c2ccccc21. The molecule has 6 nitrogen and oxygen atoms in total. The maximum absolute atomic E-state index is 13.1. The van der Waals surface area contributed by atoms with Crippen LogP contribution in [0.25, 0.3) is 11.0 Å². The number of H-pyrrole nitrogens is 2. The molecule has 0 bridgehead atoms. The summed E-state index contributed by atoms with van der Waals surface area (Å²) in [6, 6.07) is 13.2. The monoisotopic (exact) mass is 322 g/mol. The van der Waals surface area contributed by atoms with Gasteiger partial charge in [0.25, 0.3) is 5.91 Å². The van der Waals surface area contributed by atoms with Gasteiger partial charge in [0, 0.05) is 25.7 Å². The van der Waals surface area contributed by atoms with Crippen molar-refractivity contribution in [2.24, 2.45) is 0 Å². The van der Waals surface area contributed by atoms with E-state index in [9.17, 15) is 9.59 Å². The number of hydrogen-bond donors (Lipinski definition) is 2. The number of fused-ring (bicyclic) bond motifs is 2. The molecule has 0 saturated heterocycles. The van der Waals surface area contributed by atoms with Crippen LogP contribution in [0.4, 0.5) is 11.4 Å². The molecule has 3 aromatic rings. The van der Waals surface area contributed by atoms with Crippen LogP contribution in [0.3, 0.4) is 0 Å². The van der Waals surface area contributed by atoms with Gasteiger partial charge in [0.15, 0.2) is 0 Å². The molecule has 0 saturated carbocycles. The van der Waals surface area contributed by atoms with Crippen LogP contribution < -0.4 is 15.5 Å². The average Bonchev–Trinajstić information content (AvgIpc) is 2.88. The standard InChI is InChI=1S/C18H18N4O2/c1-21-9-4-10-22(16-6-3-2-5-15(16)21)17(23)12-7-8-13-14(11-12)20-18(24)19-13/h2-3,5-8,11H,4,9-10H2,1H3,(H2,19,20,24). The molecule has 122 valence electrons. The van der Waals surface area contributed by atoms with Gasteiger partial charge in [-0.3, -0.25) is 4.79 Å². The molecule has 4 rings (SSSR count). The molecule has 0 atom stereocenters. The Balaban J connectivity index is 1.77. The first-order chi connectivity index (χ1) is 11.6. The van der Waals surface area contributed by atoms with Crippen LogP contribution in [0, 0.1) is 0 Å². The lowest BCUT2D eigenvalue weighted by Crippen LogP contribution is -2.31. The first-order valence-corrected chi connectivity index (χ1v) is 7.97. The Labute approximate surface area is 138 Å². The molecule has 0 aliphatic carbocycles. The van der Waals surface area contributed by atoms with Gasteiger partial charge in [0.2, 0.25) is 0 Å². The molecule has 0 fully saturated rings. The summed E-state index contributed by atoms with van der Waals surface area (Å²) in [7, 11) is 2.05. The second-order valence-corrected chi connectivity index (χ2v) is 6.06. The van der Waals surface area contributed by atoms with E-state index in [2.05, 4.69) is 14.9 Å². The first kappa shape index (κ1) is 14.6. The fraction of sp³-hybridized carbons (Fsp3) is 0.222. The minimum atomic E-state index is -0.267. The number of hydrogen-bond acceptors (Lipinski definition) is 3. The Morgan fingerprint density at radius 3 is 2.58 bits per heavy atom. The third kappa shape index (κ3) is 2.36. The molecule has 1 aliphatic rings. The zero-order chi connectivity index (χ0) is 16.7. The number of carbonyl (C=O) groups excluding carboxylic acids is 1. The van der Waals surface area contributed by atoms with E-state index in [4.69, 9.17) is 0 Å². The molecule has 2 heterocycles. The van der Waals surface area contributed by atoms with Gasteiger partial charge >= 0.3 is 5.69 Å². The predicted octanol–water partition coefficient (Wildman–Crippen LogP) is 2.34. The van der Waals surface area contributed by atoms with Gasteiger partial charge in [-0.25, -0.2) is 4.79 Å². The highest BCUT2D eigenvalue weighted by Crippen LogP contribution is 2.32. The Morgan fingerprint density at radius 2 is 1.75 bits per heavy atom. The summed E-state index contributed by atoms with van der Waals surface area (Å²) in [6.45, 7) is 1.58. The van der Waals surface area contributed by atoms with E-state index in [1.807, 2.05) is 36.2 Å². The van der Waals surface area contributed by atoms with Gasteiger partial charge in [-0.2, -0.15) is 0 Å². The first-order valence-electron chi connectivity index (χ1n) is 7.97. The molecular weight excluding hydrogens is 304 g/mol. The van der Waals surface area contributed by atoms with E-state index in [-0.39, 0.29) is 11.6 Å². The van der Waals surface area contributed by atoms with Crippen molar-refractivity contribution >= 4 is 28.3 Å². The van der Waals surface area contributed by atoms with E-state index in [0.29, 0.717) is 23.1 Å². The van der Waals surface area contributed by atoms with Crippen molar-refractivity contribution in [3.63, 3.8) is 0 Å². The summed E-state index contributed by atoms with van der Waals surface area (Å²) in [5.74, 6) is -0.0540. The summed E-state index contributed by atoms with van der Waals surface area (Å²) in [5, 5.41) is 0. The predicted molar refractivity (Wildman–Crippen MR) is 94.9 cm³/mol. The van der Waals surface area contributed by atoms with Crippen LogP contribution in [0.2, 0.25) is 0 Å². The fourth-order valence-electron chi connectivity index (χ4n) is 3.25. The molecule has 1 amide bonds. The van der Waals surface area contributed by atoms with Crippen LogP contribution >= 0.6 is 0 Å². The van der Waals surface area contributed by atoms with Gasteiger partial charge in [-0.1, -0.05) is 12.1 Å². The van der Waals surface area contributed by atoms with E-state index in [0.717, 1.165) is 24.3 Å². The second kappa shape index (κ2) is 5.56. The van der Waals surface area contributed by atoms with Crippen LogP contribution in [0.1, 0.15) is 16.8 Å². The summed E-state index contributed by atoms with van der Waals surface area (Å²) >= 11 is 0. The number of aromatic amines is 2. The molecule has 2 aromatic carbocycles. The average molecular weight is 322 g/mol. The van der Waals surface area contributed by atoms with Crippen molar-refractivity contribution in [3.8, 4) is 0 Å². The molecule has 1 aromatic heterocycles. The summed E-state index contributed by atoms with van der Waals surface area (Å²) in [6.07, 6.45) is 0.903. The summed E-state index contributed by atoms with van der Waals surface area (Å²) in [5.41, 5.74) is 3.62. The number of benzene rings is 2. The highest BCUT2D eigenvalue weighted by atomic mass is 16.2. The largest absolute Gasteiger partial charge is 0.373 e. The molecule has 1 aliphatic heterocycles. The number of amides is 1. The number of para-hydroxylation sites is 2. The number of rotatable bonds is 1. The van der Waals surface area contributed by atoms with E-state index in [1.54, 1.807) is 18.2 Å². The lowest BCUT2D eigenvalue weighted by molar-refractivity contribution is 0.0987. The summed E-state index contributed by atoms with van der Waals surface area (Å²) < 4.78 is 0. The van der Waals surface area contributed by atoms with Crippen molar-refractivity contribution in [1.82, 2.24) is 9.97 Å². The zero-order valence-corrected chi connectivity index (χ0v) is 13.4.